The van der Waals surface area contributed by atoms with Crippen molar-refractivity contribution >= 4 is 0 Å². The van der Waals surface area contributed by atoms with Gasteiger partial charge in [-0.3, -0.25) is 4.68 Å². The van der Waals surface area contributed by atoms with Crippen molar-refractivity contribution in [3.63, 3.8) is 0 Å². The number of fused-ring (bicyclic) bond motifs is 7. The van der Waals surface area contributed by atoms with E-state index in [1.54, 1.807) is 17.1 Å². The zero-order chi connectivity index (χ0) is 22.5. The molecule has 5 nitrogen and oxygen atoms in total. The minimum absolute atomic E-state index is 0.205. The number of nitriles is 1. The molecule has 0 spiro atoms. The van der Waals surface area contributed by atoms with Gasteiger partial charge >= 0.3 is 0 Å². The van der Waals surface area contributed by atoms with Crippen LogP contribution in [0.4, 0.5) is 0 Å². The molecule has 1 heterocycles. The number of aromatic nitrogens is 2. The van der Waals surface area contributed by atoms with Gasteiger partial charge in [0.15, 0.2) is 0 Å². The minimum Gasteiger partial charge on any atom is -0.390 e. The maximum atomic E-state index is 11.8. The average molecular weight is 438 g/mol. The van der Waals surface area contributed by atoms with Gasteiger partial charge in [0.05, 0.1) is 29.5 Å². The Bertz CT molecular complexity index is 945. The highest BCUT2D eigenvalue weighted by molar-refractivity contribution is 5.23. The van der Waals surface area contributed by atoms with Gasteiger partial charge in [0.2, 0.25) is 0 Å². The first kappa shape index (κ1) is 21.2. The zero-order valence-corrected chi connectivity index (χ0v) is 19.9. The van der Waals surface area contributed by atoms with Crippen LogP contribution >= 0.6 is 0 Å². The second-order valence-corrected chi connectivity index (χ2v) is 13.1. The second kappa shape index (κ2) is 6.83. The Balaban J connectivity index is 1.25. The van der Waals surface area contributed by atoms with Crippen LogP contribution in [0.15, 0.2) is 12.4 Å². The predicted octanol–water partition coefficient (Wildman–Crippen LogP) is 4.38. The fourth-order valence-electron chi connectivity index (χ4n) is 10.2. The summed E-state index contributed by atoms with van der Waals surface area (Å²) in [6.45, 7) is 7.05. The van der Waals surface area contributed by atoms with Crippen LogP contribution in [-0.4, -0.2) is 31.2 Å². The molecule has 11 atom stereocenters. The first-order valence-electron chi connectivity index (χ1n) is 13.0. The fourth-order valence-corrected chi connectivity index (χ4v) is 10.2. The van der Waals surface area contributed by atoms with Gasteiger partial charge in [-0.2, -0.15) is 10.4 Å². The molecule has 32 heavy (non-hydrogen) atoms. The van der Waals surface area contributed by atoms with Gasteiger partial charge in [0.1, 0.15) is 6.07 Å². The van der Waals surface area contributed by atoms with E-state index in [1.165, 1.54) is 38.5 Å². The molecule has 5 saturated carbocycles. The Hall–Kier alpha value is -1.38. The highest BCUT2D eigenvalue weighted by atomic mass is 16.3. The van der Waals surface area contributed by atoms with Gasteiger partial charge in [-0.15, -0.1) is 0 Å². The number of aliphatic hydroxyl groups is 2. The molecule has 0 amide bonds. The van der Waals surface area contributed by atoms with Crippen molar-refractivity contribution in [2.45, 2.75) is 89.9 Å². The van der Waals surface area contributed by atoms with E-state index in [9.17, 15) is 10.2 Å². The zero-order valence-electron chi connectivity index (χ0n) is 19.9. The van der Waals surface area contributed by atoms with E-state index in [0.717, 1.165) is 42.4 Å². The molecule has 5 fully saturated rings. The van der Waals surface area contributed by atoms with Crippen molar-refractivity contribution in [3.05, 3.63) is 18.0 Å². The molecule has 2 N–H and O–H groups in total. The maximum absolute atomic E-state index is 11.8. The molecular weight excluding hydrogens is 398 g/mol. The Labute approximate surface area is 192 Å². The summed E-state index contributed by atoms with van der Waals surface area (Å²) in [7, 11) is 0. The van der Waals surface area contributed by atoms with Crippen LogP contribution < -0.4 is 0 Å². The molecule has 0 saturated heterocycles. The normalized spacial score (nSPS) is 50.9. The molecule has 5 aliphatic rings. The minimum atomic E-state index is -0.810. The molecule has 0 bridgehead atoms. The van der Waals surface area contributed by atoms with Crippen molar-refractivity contribution in [1.82, 2.24) is 9.78 Å². The van der Waals surface area contributed by atoms with Crippen molar-refractivity contribution in [1.29, 1.82) is 5.26 Å². The van der Waals surface area contributed by atoms with Gasteiger partial charge in [0, 0.05) is 6.20 Å². The molecule has 5 heteroatoms. The summed E-state index contributed by atoms with van der Waals surface area (Å²) in [6.07, 6.45) is 13.0. The Morgan fingerprint density at radius 3 is 2.66 bits per heavy atom. The van der Waals surface area contributed by atoms with Gasteiger partial charge in [-0.25, -0.2) is 0 Å². The smallest absolute Gasteiger partial charge is 0.102 e. The van der Waals surface area contributed by atoms with Crippen LogP contribution in [0.1, 0.15) is 77.7 Å². The molecule has 0 aliphatic heterocycles. The third-order valence-electron chi connectivity index (χ3n) is 10.9. The average Bonchev–Trinajstić information content (AvgIpc) is 3.22. The van der Waals surface area contributed by atoms with Crippen LogP contribution in [0.5, 0.6) is 0 Å². The van der Waals surface area contributed by atoms with Crippen molar-refractivity contribution in [2.75, 3.05) is 0 Å². The van der Waals surface area contributed by atoms with Crippen LogP contribution in [0.25, 0.3) is 0 Å². The lowest BCUT2D eigenvalue weighted by Gasteiger charge is -2.59. The summed E-state index contributed by atoms with van der Waals surface area (Å²) in [5.74, 6) is 5.66. The van der Waals surface area contributed by atoms with Gasteiger partial charge < -0.3 is 10.2 Å². The summed E-state index contributed by atoms with van der Waals surface area (Å²) in [4.78, 5) is 0. The van der Waals surface area contributed by atoms with Crippen molar-refractivity contribution < 1.29 is 10.2 Å². The lowest BCUT2D eigenvalue weighted by Crippen LogP contribution is -2.55. The van der Waals surface area contributed by atoms with E-state index in [1.807, 2.05) is 13.8 Å². The van der Waals surface area contributed by atoms with Crippen LogP contribution in [0.3, 0.4) is 0 Å². The highest BCUT2D eigenvalue weighted by Gasteiger charge is 2.72. The maximum Gasteiger partial charge on any atom is 0.102 e. The molecule has 0 radical (unpaired) electrons. The van der Waals surface area contributed by atoms with Gasteiger partial charge in [0.25, 0.3) is 0 Å². The largest absolute Gasteiger partial charge is 0.390 e. The van der Waals surface area contributed by atoms with E-state index in [0.29, 0.717) is 29.9 Å². The van der Waals surface area contributed by atoms with E-state index in [2.05, 4.69) is 18.1 Å². The summed E-state index contributed by atoms with van der Waals surface area (Å²) in [5, 5.41) is 36.0. The molecule has 1 aromatic heterocycles. The first-order valence-corrected chi connectivity index (χ1v) is 13.0. The quantitative estimate of drug-likeness (QED) is 0.735. The number of hydrogen-bond donors (Lipinski definition) is 2. The van der Waals surface area contributed by atoms with E-state index >= 15 is 0 Å². The number of hydrogen-bond acceptors (Lipinski definition) is 4. The number of rotatable bonds is 3. The Morgan fingerprint density at radius 2 is 1.91 bits per heavy atom. The summed E-state index contributed by atoms with van der Waals surface area (Å²) < 4.78 is 1.78. The molecule has 0 aromatic carbocycles. The summed E-state index contributed by atoms with van der Waals surface area (Å²) in [6, 6.07) is 2.15. The molecule has 5 aliphatic carbocycles. The molecule has 174 valence electrons. The molecule has 6 rings (SSSR count). The molecule has 0 unspecified atom stereocenters. The van der Waals surface area contributed by atoms with Crippen molar-refractivity contribution in [2.24, 2.45) is 52.8 Å². The monoisotopic (exact) mass is 437 g/mol. The Morgan fingerprint density at radius 1 is 1.12 bits per heavy atom. The summed E-state index contributed by atoms with van der Waals surface area (Å²) in [5.41, 5.74) is -0.496. The van der Waals surface area contributed by atoms with Crippen LogP contribution in [-0.2, 0) is 6.54 Å². The number of nitrogens with zero attached hydrogens (tertiary/aromatic N) is 3. The molecular formula is C27H39N3O2. The second-order valence-electron chi connectivity index (χ2n) is 13.1. The van der Waals surface area contributed by atoms with Crippen molar-refractivity contribution in [3.8, 4) is 6.07 Å². The lowest BCUT2D eigenvalue weighted by atomic mass is 9.47. The SMILES string of the molecule is C[C@@]1(O)CC[C@H]2[C@H](CC[C@@H]3[C@@H]2CC[C@@]2(C)[C@H]3[C@@H]3C[C@@H]3[C@@H]2[C@](C)(O)Cn2cc(C#N)cn2)C1. The van der Waals surface area contributed by atoms with Gasteiger partial charge in [-0.1, -0.05) is 6.92 Å². The summed E-state index contributed by atoms with van der Waals surface area (Å²) >= 11 is 0. The van der Waals surface area contributed by atoms with E-state index < -0.39 is 11.2 Å². The highest BCUT2D eigenvalue weighted by Crippen LogP contribution is 2.76. The van der Waals surface area contributed by atoms with E-state index in [4.69, 9.17) is 5.26 Å². The third kappa shape index (κ3) is 3.05. The standard InChI is InChI=1S/C27H39N3O2/c1-25(31)8-6-18-17(11-25)4-5-20-19(18)7-9-26(2)23(20)21-10-22(21)24(26)27(3,32)15-30-14-16(12-28)13-29-30/h13-14,17-24,31-32H,4-11,15H2,1-3H3/t17-,18+,19-,20-,21-,22+,23-,24+,25-,26+,27-/m1/s1. The first-order chi connectivity index (χ1) is 15.1. The van der Waals surface area contributed by atoms with Gasteiger partial charge in [-0.05, 0) is 118 Å². The van der Waals surface area contributed by atoms with E-state index in [-0.39, 0.29) is 5.41 Å². The van der Waals surface area contributed by atoms with Crippen LogP contribution in [0.2, 0.25) is 0 Å². The third-order valence-corrected chi connectivity index (χ3v) is 10.9. The molecule has 1 aromatic rings. The Kier molecular flexibility index (Phi) is 4.52. The fraction of sp³-hybridized carbons (Fsp3) is 0.852. The van der Waals surface area contributed by atoms with Crippen LogP contribution in [0, 0.1) is 64.1 Å². The lowest BCUT2D eigenvalue weighted by molar-refractivity contribution is -0.139. The predicted molar refractivity (Wildman–Crippen MR) is 121 cm³/mol. The topological polar surface area (TPSA) is 82.1 Å².